The summed E-state index contributed by atoms with van der Waals surface area (Å²) in [7, 11) is 2.06. The van der Waals surface area contributed by atoms with E-state index < -0.39 is 0 Å². The summed E-state index contributed by atoms with van der Waals surface area (Å²) in [6.45, 7) is 18.5. The monoisotopic (exact) mass is 515 g/mol. The van der Waals surface area contributed by atoms with Crippen molar-refractivity contribution in [3.05, 3.63) is 0 Å². The standard InChI is InChI=1S/C32H61N5/c1-24(2)35-23-26-7-11-31-30-9-6-25-22-27(8-10-28(25)29(30)12-13-32(26,31)3)34-15-17-37-20-18-36(19-21-37)16-5-14-33-4/h24-31,33-35H,5-23H2,1-4H3. The molecule has 3 N–H and O–H groups in total. The van der Waals surface area contributed by atoms with Crippen molar-refractivity contribution < 1.29 is 0 Å². The lowest BCUT2D eigenvalue weighted by Gasteiger charge is -2.56. The highest BCUT2D eigenvalue weighted by Crippen LogP contribution is 2.64. The van der Waals surface area contributed by atoms with Crippen LogP contribution < -0.4 is 16.0 Å². The normalized spacial score (nSPS) is 40.9. The van der Waals surface area contributed by atoms with Crippen LogP contribution >= 0.6 is 0 Å². The van der Waals surface area contributed by atoms with Gasteiger partial charge in [-0.25, -0.2) is 0 Å². The number of rotatable bonds is 11. The molecule has 214 valence electrons. The number of fused-ring (bicyclic) bond motifs is 5. The van der Waals surface area contributed by atoms with Gasteiger partial charge in [-0.05, 0) is 132 Å². The molecule has 1 saturated heterocycles. The molecule has 8 unspecified atom stereocenters. The number of hydrogen-bond donors (Lipinski definition) is 3. The lowest BCUT2D eigenvalue weighted by molar-refractivity contribution is -0.0650. The van der Waals surface area contributed by atoms with E-state index in [0.29, 0.717) is 11.5 Å². The van der Waals surface area contributed by atoms with Crippen LogP contribution in [0.15, 0.2) is 0 Å². The second-order valence-electron chi connectivity index (χ2n) is 14.4. The Morgan fingerprint density at radius 2 is 1.57 bits per heavy atom. The quantitative estimate of drug-likeness (QED) is 0.355. The van der Waals surface area contributed by atoms with Gasteiger partial charge in [0.25, 0.3) is 0 Å². The van der Waals surface area contributed by atoms with Gasteiger partial charge in [0.05, 0.1) is 0 Å². The highest BCUT2D eigenvalue weighted by Gasteiger charge is 2.56. The van der Waals surface area contributed by atoms with Gasteiger partial charge in [0.15, 0.2) is 0 Å². The summed E-state index contributed by atoms with van der Waals surface area (Å²) in [5.74, 6) is 6.10. The minimum absolute atomic E-state index is 0.618. The zero-order valence-corrected chi connectivity index (χ0v) is 24.9. The molecule has 4 saturated carbocycles. The number of nitrogens with zero attached hydrogens (tertiary/aromatic N) is 2. The molecule has 4 aliphatic carbocycles. The zero-order chi connectivity index (χ0) is 25.8. The van der Waals surface area contributed by atoms with Crippen molar-refractivity contribution in [2.75, 3.05) is 66.0 Å². The van der Waals surface area contributed by atoms with E-state index in [1.54, 1.807) is 6.42 Å². The summed E-state index contributed by atoms with van der Waals surface area (Å²) in [6.07, 6.45) is 14.8. The molecule has 37 heavy (non-hydrogen) atoms. The third-order valence-electron chi connectivity index (χ3n) is 12.2. The molecule has 0 amide bonds. The van der Waals surface area contributed by atoms with Crippen LogP contribution in [0, 0.1) is 40.9 Å². The molecule has 1 aliphatic heterocycles. The number of hydrogen-bond acceptors (Lipinski definition) is 5. The molecule has 0 aromatic rings. The maximum absolute atomic E-state index is 4.03. The molecule has 0 aromatic heterocycles. The van der Waals surface area contributed by atoms with E-state index in [1.165, 1.54) is 110 Å². The van der Waals surface area contributed by atoms with Gasteiger partial charge < -0.3 is 20.9 Å². The Morgan fingerprint density at radius 1 is 0.811 bits per heavy atom. The van der Waals surface area contributed by atoms with Gasteiger partial charge in [-0.2, -0.15) is 0 Å². The minimum Gasteiger partial charge on any atom is -0.320 e. The molecular weight excluding hydrogens is 454 g/mol. The Balaban J connectivity index is 1.03. The summed E-state index contributed by atoms with van der Waals surface area (Å²) in [6, 6.07) is 1.41. The van der Waals surface area contributed by atoms with Crippen molar-refractivity contribution in [3.8, 4) is 0 Å². The SMILES string of the molecule is CNCCCN1CCN(CCNC2CCC3C(CCC4C3CCC3(C)C(CNC(C)C)CCC43)C2)CC1. The summed E-state index contributed by atoms with van der Waals surface area (Å²) in [4.78, 5) is 5.35. The van der Waals surface area contributed by atoms with Crippen LogP contribution in [0.4, 0.5) is 0 Å². The zero-order valence-electron chi connectivity index (χ0n) is 24.9. The van der Waals surface area contributed by atoms with Crippen molar-refractivity contribution in [3.63, 3.8) is 0 Å². The first-order valence-corrected chi connectivity index (χ1v) is 16.5. The van der Waals surface area contributed by atoms with Crippen LogP contribution in [0.5, 0.6) is 0 Å². The van der Waals surface area contributed by atoms with Crippen molar-refractivity contribution >= 4 is 0 Å². The van der Waals surface area contributed by atoms with Crippen LogP contribution in [0.3, 0.4) is 0 Å². The van der Waals surface area contributed by atoms with Crippen molar-refractivity contribution in [1.82, 2.24) is 25.8 Å². The molecule has 0 radical (unpaired) electrons. The highest BCUT2D eigenvalue weighted by atomic mass is 15.3. The second-order valence-corrected chi connectivity index (χ2v) is 14.4. The van der Waals surface area contributed by atoms with E-state index >= 15 is 0 Å². The van der Waals surface area contributed by atoms with Crippen LogP contribution in [0.25, 0.3) is 0 Å². The number of nitrogens with one attached hydrogen (secondary N) is 3. The Labute approximate surface area is 229 Å². The van der Waals surface area contributed by atoms with E-state index in [0.717, 1.165) is 48.1 Å². The van der Waals surface area contributed by atoms with Crippen molar-refractivity contribution in [1.29, 1.82) is 0 Å². The van der Waals surface area contributed by atoms with E-state index in [9.17, 15) is 0 Å². The molecule has 0 spiro atoms. The van der Waals surface area contributed by atoms with Gasteiger partial charge in [-0.15, -0.1) is 0 Å². The topological polar surface area (TPSA) is 42.6 Å². The Bertz CT molecular complexity index is 691. The maximum Gasteiger partial charge on any atom is 0.0110 e. The lowest BCUT2D eigenvalue weighted by Crippen LogP contribution is -2.52. The molecule has 5 fully saturated rings. The van der Waals surface area contributed by atoms with Crippen molar-refractivity contribution in [2.45, 2.75) is 97.1 Å². The van der Waals surface area contributed by atoms with Crippen LogP contribution in [-0.4, -0.2) is 87.8 Å². The third kappa shape index (κ3) is 6.59. The molecule has 5 rings (SSSR count). The van der Waals surface area contributed by atoms with Gasteiger partial charge in [-0.1, -0.05) is 20.8 Å². The fraction of sp³-hybridized carbons (Fsp3) is 1.00. The first-order chi connectivity index (χ1) is 18.0. The summed E-state index contributed by atoms with van der Waals surface area (Å²) >= 11 is 0. The van der Waals surface area contributed by atoms with Crippen molar-refractivity contribution in [2.24, 2.45) is 40.9 Å². The predicted molar refractivity (Wildman–Crippen MR) is 157 cm³/mol. The van der Waals surface area contributed by atoms with Gasteiger partial charge in [0.1, 0.15) is 0 Å². The average Bonchev–Trinajstić information content (AvgIpc) is 3.24. The first kappa shape index (κ1) is 28.3. The molecule has 0 aromatic carbocycles. The van der Waals surface area contributed by atoms with Gasteiger partial charge in [0.2, 0.25) is 0 Å². The molecule has 8 atom stereocenters. The molecule has 5 nitrogen and oxygen atoms in total. The maximum atomic E-state index is 4.03. The fourth-order valence-corrected chi connectivity index (χ4v) is 10.0. The molecule has 0 bridgehead atoms. The Hall–Kier alpha value is -0.200. The van der Waals surface area contributed by atoms with E-state index in [1.807, 2.05) is 0 Å². The highest BCUT2D eigenvalue weighted by molar-refractivity contribution is 5.06. The van der Waals surface area contributed by atoms with Gasteiger partial charge >= 0.3 is 0 Å². The fourth-order valence-electron chi connectivity index (χ4n) is 10.0. The van der Waals surface area contributed by atoms with Crippen LogP contribution in [0.2, 0.25) is 0 Å². The second kappa shape index (κ2) is 13.0. The molecule has 5 heteroatoms. The Kier molecular flexibility index (Phi) is 9.94. The van der Waals surface area contributed by atoms with Crippen LogP contribution in [-0.2, 0) is 0 Å². The molecule has 1 heterocycles. The number of piperazine rings is 1. The predicted octanol–water partition coefficient (Wildman–Crippen LogP) is 4.44. The molecular formula is C32H61N5. The first-order valence-electron chi connectivity index (χ1n) is 16.5. The van der Waals surface area contributed by atoms with E-state index in [2.05, 4.69) is 53.6 Å². The van der Waals surface area contributed by atoms with Gasteiger partial charge in [-0.3, -0.25) is 4.90 Å². The largest absolute Gasteiger partial charge is 0.320 e. The van der Waals surface area contributed by atoms with Crippen LogP contribution in [0.1, 0.15) is 85.0 Å². The van der Waals surface area contributed by atoms with E-state index in [-0.39, 0.29) is 0 Å². The summed E-state index contributed by atoms with van der Waals surface area (Å²) in [5.41, 5.74) is 0.618. The van der Waals surface area contributed by atoms with E-state index in [4.69, 9.17) is 0 Å². The van der Waals surface area contributed by atoms with Gasteiger partial charge in [0, 0.05) is 51.4 Å². The lowest BCUT2D eigenvalue weighted by atomic mass is 9.49. The minimum atomic E-state index is 0.618. The summed E-state index contributed by atoms with van der Waals surface area (Å²) in [5, 5.41) is 11.1. The Morgan fingerprint density at radius 3 is 2.32 bits per heavy atom. The summed E-state index contributed by atoms with van der Waals surface area (Å²) < 4.78 is 0. The third-order valence-corrected chi connectivity index (χ3v) is 12.2. The molecule has 5 aliphatic rings. The average molecular weight is 516 g/mol. The smallest absolute Gasteiger partial charge is 0.0110 e.